The number of Topliss-reactive ketones (excluding diaryl/α,β-unsaturated/α-hetero) is 1. The van der Waals surface area contributed by atoms with Crippen LogP contribution in [0.25, 0.3) is 32.5 Å². The van der Waals surface area contributed by atoms with Crippen LogP contribution in [0, 0.1) is 11.3 Å². The van der Waals surface area contributed by atoms with Gasteiger partial charge in [0.05, 0.1) is 18.4 Å². The summed E-state index contributed by atoms with van der Waals surface area (Å²) in [5.74, 6) is -1.59. The third-order valence-corrected chi connectivity index (χ3v) is 6.34. The number of hydrogen-bond acceptors (Lipinski definition) is 8. The van der Waals surface area contributed by atoms with Crippen molar-refractivity contribution in [2.24, 2.45) is 7.05 Å². The Balaban J connectivity index is 1.99. The largest absolute Gasteiger partial charge is 0.465 e. The third kappa shape index (κ3) is 4.07. The first-order valence-corrected chi connectivity index (χ1v) is 11.0. The Labute approximate surface area is 198 Å². The number of methoxy groups -OCH3 is 1. The van der Waals surface area contributed by atoms with Gasteiger partial charge in [-0.1, -0.05) is 36.4 Å². The molecular formula is C25H19N3O5S. The highest BCUT2D eigenvalue weighted by Gasteiger charge is 2.28. The molecule has 0 aliphatic carbocycles. The van der Waals surface area contributed by atoms with E-state index in [0.717, 1.165) is 22.1 Å². The van der Waals surface area contributed by atoms with Crippen molar-refractivity contribution in [1.29, 1.82) is 5.26 Å². The maximum absolute atomic E-state index is 13.0. The number of aromatic nitrogens is 2. The molecule has 2 aromatic carbocycles. The van der Waals surface area contributed by atoms with Crippen LogP contribution in [0.4, 0.5) is 0 Å². The first kappa shape index (κ1) is 22.9. The highest BCUT2D eigenvalue weighted by molar-refractivity contribution is 7.17. The van der Waals surface area contributed by atoms with Crippen molar-refractivity contribution >= 4 is 39.8 Å². The van der Waals surface area contributed by atoms with Gasteiger partial charge in [0.15, 0.2) is 6.61 Å². The fraction of sp³-hybridized carbons (Fsp3) is 0.160. The number of esters is 2. The van der Waals surface area contributed by atoms with E-state index in [9.17, 15) is 19.6 Å². The van der Waals surface area contributed by atoms with E-state index in [1.807, 2.05) is 36.4 Å². The number of ketones is 1. The van der Waals surface area contributed by atoms with E-state index < -0.39 is 24.3 Å². The molecule has 0 fully saturated rings. The molecule has 0 spiro atoms. The van der Waals surface area contributed by atoms with Crippen molar-refractivity contribution in [3.8, 4) is 27.8 Å². The second-order valence-corrected chi connectivity index (χ2v) is 8.46. The van der Waals surface area contributed by atoms with E-state index >= 15 is 0 Å². The van der Waals surface area contributed by atoms with E-state index in [1.54, 1.807) is 19.2 Å². The van der Waals surface area contributed by atoms with Gasteiger partial charge in [-0.05, 0) is 17.5 Å². The summed E-state index contributed by atoms with van der Waals surface area (Å²) in [5.41, 5.74) is 2.09. The lowest BCUT2D eigenvalue weighted by Gasteiger charge is -2.11. The van der Waals surface area contributed by atoms with Gasteiger partial charge in [0.2, 0.25) is 5.78 Å². The minimum atomic E-state index is -0.587. The van der Waals surface area contributed by atoms with Crippen molar-refractivity contribution in [3.05, 3.63) is 64.7 Å². The fourth-order valence-corrected chi connectivity index (χ4v) is 4.74. The van der Waals surface area contributed by atoms with Gasteiger partial charge < -0.3 is 9.47 Å². The molecule has 170 valence electrons. The molecule has 4 rings (SSSR count). The van der Waals surface area contributed by atoms with Crippen LogP contribution in [-0.2, 0) is 21.3 Å². The predicted octanol–water partition coefficient (Wildman–Crippen LogP) is 4.37. The molecule has 34 heavy (non-hydrogen) atoms. The van der Waals surface area contributed by atoms with Gasteiger partial charge in [-0.25, -0.2) is 4.79 Å². The first-order chi connectivity index (χ1) is 16.3. The number of fused-ring (bicyclic) bond motifs is 1. The Morgan fingerprint density at radius 1 is 1.12 bits per heavy atom. The number of aryl methyl sites for hydroxylation is 1. The van der Waals surface area contributed by atoms with Gasteiger partial charge >= 0.3 is 11.9 Å². The first-order valence-electron chi connectivity index (χ1n) is 10.2. The molecule has 0 saturated carbocycles. The van der Waals surface area contributed by atoms with Crippen molar-refractivity contribution in [2.45, 2.75) is 6.92 Å². The van der Waals surface area contributed by atoms with Crippen molar-refractivity contribution in [1.82, 2.24) is 9.78 Å². The summed E-state index contributed by atoms with van der Waals surface area (Å²) in [6.07, 6.45) is 0. The normalized spacial score (nSPS) is 10.6. The molecule has 0 amide bonds. The van der Waals surface area contributed by atoms with Crippen LogP contribution in [-0.4, -0.2) is 41.2 Å². The average Bonchev–Trinajstić information content (AvgIpc) is 3.45. The third-order valence-electron chi connectivity index (χ3n) is 5.25. The zero-order chi connectivity index (χ0) is 24.4. The monoisotopic (exact) mass is 473 g/mol. The van der Waals surface area contributed by atoms with Crippen molar-refractivity contribution < 1.29 is 23.9 Å². The SMILES string of the molecule is COC(=O)c1ccc(-c2c(C(=O)COC(C)=O)nn(C)c2-c2ccc3ccccc3c2C#N)s1. The number of nitriles is 1. The molecular weight excluding hydrogens is 454 g/mol. The van der Waals surface area contributed by atoms with E-state index in [4.69, 9.17) is 9.47 Å². The summed E-state index contributed by atoms with van der Waals surface area (Å²) in [4.78, 5) is 37.3. The van der Waals surface area contributed by atoms with E-state index in [0.29, 0.717) is 32.1 Å². The zero-order valence-corrected chi connectivity index (χ0v) is 19.4. The quantitative estimate of drug-likeness (QED) is 0.302. The number of benzene rings is 2. The van der Waals surface area contributed by atoms with Crippen molar-refractivity contribution in [3.63, 3.8) is 0 Å². The predicted molar refractivity (Wildman–Crippen MR) is 126 cm³/mol. The van der Waals surface area contributed by atoms with E-state index in [2.05, 4.69) is 11.2 Å². The number of ether oxygens (including phenoxy) is 2. The minimum Gasteiger partial charge on any atom is -0.465 e. The van der Waals surface area contributed by atoms with E-state index in [1.165, 1.54) is 18.7 Å². The fourth-order valence-electron chi connectivity index (χ4n) is 3.77. The van der Waals surface area contributed by atoms with Crippen LogP contribution in [0.1, 0.15) is 32.6 Å². The summed E-state index contributed by atoms with van der Waals surface area (Å²) in [5, 5.41) is 16.1. The van der Waals surface area contributed by atoms with Gasteiger partial charge in [0, 0.05) is 35.4 Å². The van der Waals surface area contributed by atoms with Gasteiger partial charge in [0.25, 0.3) is 0 Å². The summed E-state index contributed by atoms with van der Waals surface area (Å²) >= 11 is 1.14. The molecule has 0 radical (unpaired) electrons. The maximum Gasteiger partial charge on any atom is 0.348 e. The zero-order valence-electron chi connectivity index (χ0n) is 18.6. The number of carbonyl (C=O) groups is 3. The average molecular weight is 474 g/mol. The molecule has 9 heteroatoms. The van der Waals surface area contributed by atoms with Crippen LogP contribution >= 0.6 is 11.3 Å². The topological polar surface area (TPSA) is 111 Å². The second kappa shape index (κ2) is 9.29. The second-order valence-electron chi connectivity index (χ2n) is 7.38. The Kier molecular flexibility index (Phi) is 6.25. The molecule has 0 bridgehead atoms. The highest BCUT2D eigenvalue weighted by atomic mass is 32.1. The highest BCUT2D eigenvalue weighted by Crippen LogP contribution is 2.41. The molecule has 0 N–H and O–H groups in total. The summed E-state index contributed by atoms with van der Waals surface area (Å²) in [6, 6.07) is 16.8. The molecule has 0 aliphatic rings. The van der Waals surface area contributed by atoms with Crippen LogP contribution in [0.15, 0.2) is 48.5 Å². The number of nitrogens with zero attached hydrogens (tertiary/aromatic N) is 3. The number of carbonyl (C=O) groups excluding carboxylic acids is 3. The molecule has 0 saturated heterocycles. The van der Waals surface area contributed by atoms with Gasteiger partial charge in [0.1, 0.15) is 16.6 Å². The molecule has 2 heterocycles. The molecule has 0 unspecified atom stereocenters. The summed E-state index contributed by atoms with van der Waals surface area (Å²) < 4.78 is 11.2. The molecule has 0 atom stereocenters. The minimum absolute atomic E-state index is 0.0778. The standard InChI is InChI=1S/C25H19N3O5S/c1-14(29)33-13-19(30)23-22(20-10-11-21(34-20)25(31)32-3)24(28(2)27-23)17-9-8-15-6-4-5-7-16(15)18(17)12-26/h4-11H,13H2,1-3H3. The Morgan fingerprint density at radius 3 is 2.59 bits per heavy atom. The lowest BCUT2D eigenvalue weighted by Crippen LogP contribution is -2.13. The Morgan fingerprint density at radius 2 is 1.88 bits per heavy atom. The molecule has 2 aromatic heterocycles. The smallest absolute Gasteiger partial charge is 0.348 e. The number of thiophene rings is 1. The molecule has 4 aromatic rings. The summed E-state index contributed by atoms with van der Waals surface area (Å²) in [6.45, 7) is 0.741. The Hall–Kier alpha value is -4.29. The van der Waals surface area contributed by atoms with Gasteiger partial charge in [-0.3, -0.25) is 14.3 Å². The van der Waals surface area contributed by atoms with Crippen LogP contribution < -0.4 is 0 Å². The van der Waals surface area contributed by atoms with Crippen LogP contribution in [0.5, 0.6) is 0 Å². The van der Waals surface area contributed by atoms with E-state index in [-0.39, 0.29) is 5.69 Å². The van der Waals surface area contributed by atoms with Crippen LogP contribution in [0.2, 0.25) is 0 Å². The molecule has 0 aliphatic heterocycles. The van der Waals surface area contributed by atoms with Crippen LogP contribution in [0.3, 0.4) is 0 Å². The lowest BCUT2D eigenvalue weighted by atomic mass is 9.94. The Bertz CT molecular complexity index is 1490. The maximum atomic E-state index is 13.0. The number of rotatable bonds is 6. The molecule has 8 nitrogen and oxygen atoms in total. The van der Waals surface area contributed by atoms with Gasteiger partial charge in [-0.15, -0.1) is 11.3 Å². The number of hydrogen-bond donors (Lipinski definition) is 0. The lowest BCUT2D eigenvalue weighted by molar-refractivity contribution is -0.139. The van der Waals surface area contributed by atoms with Gasteiger partial charge in [-0.2, -0.15) is 10.4 Å². The summed E-state index contributed by atoms with van der Waals surface area (Å²) in [7, 11) is 2.96. The van der Waals surface area contributed by atoms with Crippen molar-refractivity contribution in [2.75, 3.05) is 13.7 Å².